The van der Waals surface area contributed by atoms with Crippen LogP contribution in [-0.4, -0.2) is 61.0 Å². The van der Waals surface area contributed by atoms with Gasteiger partial charge in [0.25, 0.3) is 5.91 Å². The van der Waals surface area contributed by atoms with Crippen LogP contribution in [0.1, 0.15) is 48.8 Å². The van der Waals surface area contributed by atoms with E-state index in [9.17, 15) is 4.79 Å². The second kappa shape index (κ2) is 11.9. The maximum Gasteiger partial charge on any atom is 0.253 e. The van der Waals surface area contributed by atoms with Crippen molar-refractivity contribution in [2.75, 3.05) is 45.7 Å². The maximum atomic E-state index is 13.0. The van der Waals surface area contributed by atoms with Gasteiger partial charge in [-0.1, -0.05) is 32.9 Å². The molecule has 0 saturated carbocycles. The first-order valence-corrected chi connectivity index (χ1v) is 12.1. The molecule has 0 aliphatic rings. The molecule has 3 rings (SSSR count). The average molecular weight is 466 g/mol. The molecule has 0 bridgehead atoms. The number of carbonyl (C=O) groups excluding carboxylic acids is 1. The van der Waals surface area contributed by atoms with Gasteiger partial charge < -0.3 is 19.9 Å². The minimum Gasteiger partial charge on any atom is -0.497 e. The van der Waals surface area contributed by atoms with Gasteiger partial charge in [-0.15, -0.1) is 0 Å². The summed E-state index contributed by atoms with van der Waals surface area (Å²) in [6.45, 7) is 9.93. The van der Waals surface area contributed by atoms with E-state index in [2.05, 4.69) is 54.4 Å². The first-order chi connectivity index (χ1) is 16.3. The molecule has 0 unspecified atom stereocenters. The van der Waals surface area contributed by atoms with Crippen molar-refractivity contribution in [3.05, 3.63) is 59.4 Å². The van der Waals surface area contributed by atoms with Crippen molar-refractivity contribution in [3.63, 3.8) is 0 Å². The molecule has 184 valence electrons. The van der Waals surface area contributed by atoms with Crippen LogP contribution < -0.4 is 15.0 Å². The van der Waals surface area contributed by atoms with Crippen molar-refractivity contribution in [2.24, 2.45) is 5.92 Å². The molecule has 7 nitrogen and oxygen atoms in total. The average Bonchev–Trinajstić information content (AvgIpc) is 3.20. The summed E-state index contributed by atoms with van der Waals surface area (Å²) in [5.74, 6) is 2.42. The number of benzene rings is 1. The number of methoxy groups -OCH3 is 1. The molecular formula is C27H39N5O2. The lowest BCUT2D eigenvalue weighted by atomic mass is 10.1. The summed E-state index contributed by atoms with van der Waals surface area (Å²) < 4.78 is 7.30. The van der Waals surface area contributed by atoms with Gasteiger partial charge in [-0.25, -0.2) is 4.98 Å². The van der Waals surface area contributed by atoms with Crippen molar-refractivity contribution in [3.8, 4) is 5.75 Å². The van der Waals surface area contributed by atoms with Crippen LogP contribution >= 0.6 is 0 Å². The first kappa shape index (κ1) is 25.6. The summed E-state index contributed by atoms with van der Waals surface area (Å²) in [7, 11) is 5.84. The van der Waals surface area contributed by atoms with Gasteiger partial charge in [0.2, 0.25) is 0 Å². The third-order valence-electron chi connectivity index (χ3n) is 5.97. The number of nitrogens with one attached hydrogen (secondary N) is 1. The van der Waals surface area contributed by atoms with Gasteiger partial charge >= 0.3 is 0 Å². The van der Waals surface area contributed by atoms with E-state index in [0.29, 0.717) is 18.0 Å². The van der Waals surface area contributed by atoms with Gasteiger partial charge in [0.15, 0.2) is 0 Å². The number of rotatable bonds is 12. The maximum absolute atomic E-state index is 13.0. The van der Waals surface area contributed by atoms with Gasteiger partial charge in [-0.2, -0.15) is 0 Å². The first-order valence-electron chi connectivity index (χ1n) is 12.1. The molecule has 2 heterocycles. The number of ether oxygens (including phenoxy) is 1. The second-order valence-corrected chi connectivity index (χ2v) is 9.39. The highest BCUT2D eigenvalue weighted by Gasteiger charge is 2.19. The Labute approximate surface area is 203 Å². The summed E-state index contributed by atoms with van der Waals surface area (Å²) in [4.78, 5) is 22.5. The number of hydrogen-bond acceptors (Lipinski definition) is 5. The Bertz CT molecular complexity index is 1060. The number of nitrogens with zero attached hydrogens (tertiary/aromatic N) is 4. The lowest BCUT2D eigenvalue weighted by molar-refractivity contribution is 0.0950. The van der Waals surface area contributed by atoms with Gasteiger partial charge in [-0.05, 0) is 62.7 Å². The van der Waals surface area contributed by atoms with Crippen LogP contribution in [0.25, 0.3) is 5.65 Å². The summed E-state index contributed by atoms with van der Waals surface area (Å²) in [6, 6.07) is 11.5. The van der Waals surface area contributed by atoms with Gasteiger partial charge in [0.05, 0.1) is 18.4 Å². The van der Waals surface area contributed by atoms with E-state index >= 15 is 0 Å². The fraction of sp³-hybridized carbons (Fsp3) is 0.481. The van der Waals surface area contributed by atoms with E-state index in [4.69, 9.17) is 9.72 Å². The van der Waals surface area contributed by atoms with Gasteiger partial charge in [0.1, 0.15) is 17.2 Å². The lowest BCUT2D eigenvalue weighted by Crippen LogP contribution is -2.34. The molecule has 0 fully saturated rings. The molecule has 0 aliphatic carbocycles. The lowest BCUT2D eigenvalue weighted by Gasteiger charge is -2.27. The van der Waals surface area contributed by atoms with Crippen LogP contribution in [0.3, 0.4) is 0 Å². The summed E-state index contributed by atoms with van der Waals surface area (Å²) in [5.41, 5.74) is 3.59. The van der Waals surface area contributed by atoms with Crippen molar-refractivity contribution in [2.45, 2.75) is 40.2 Å². The molecule has 34 heavy (non-hydrogen) atoms. The number of amides is 1. The number of hydrogen-bond donors (Lipinski definition) is 1. The van der Waals surface area contributed by atoms with E-state index in [-0.39, 0.29) is 5.91 Å². The zero-order valence-corrected chi connectivity index (χ0v) is 21.5. The van der Waals surface area contributed by atoms with Crippen LogP contribution in [0.15, 0.2) is 42.6 Å². The molecular weight excluding hydrogens is 426 g/mol. The molecule has 0 atom stereocenters. The Morgan fingerprint density at radius 1 is 1.09 bits per heavy atom. The minimum atomic E-state index is -0.0996. The Balaban J connectivity index is 1.86. The van der Waals surface area contributed by atoms with Crippen LogP contribution in [0.4, 0.5) is 5.82 Å². The summed E-state index contributed by atoms with van der Waals surface area (Å²) >= 11 is 0. The zero-order chi connectivity index (χ0) is 24.7. The predicted molar refractivity (Wildman–Crippen MR) is 139 cm³/mol. The number of carbonyl (C=O) groups is 1. The molecule has 0 saturated heterocycles. The number of pyridine rings is 1. The topological polar surface area (TPSA) is 62.1 Å². The fourth-order valence-electron chi connectivity index (χ4n) is 3.87. The van der Waals surface area contributed by atoms with Crippen molar-refractivity contribution >= 4 is 17.4 Å². The third-order valence-corrected chi connectivity index (χ3v) is 5.97. The van der Waals surface area contributed by atoms with E-state index in [1.165, 1.54) is 0 Å². The van der Waals surface area contributed by atoms with E-state index in [0.717, 1.165) is 60.9 Å². The smallest absolute Gasteiger partial charge is 0.253 e. The standard InChI is InChI=1S/C27H39N5O2/c1-7-24-27(31(15-14-20(2)3)17-16-30(4)5)32-19-22(10-13-25(32)29-24)26(33)28-18-21-8-11-23(34-6)12-9-21/h8-13,19-20H,7,14-18H2,1-6H3,(H,28,33). The Kier molecular flexibility index (Phi) is 8.93. The van der Waals surface area contributed by atoms with E-state index in [1.54, 1.807) is 7.11 Å². The number of likely N-dealkylation sites (N-methyl/N-ethyl adjacent to an activating group) is 1. The monoisotopic (exact) mass is 465 g/mol. The predicted octanol–water partition coefficient (Wildman–Crippen LogP) is 4.25. The Hall–Kier alpha value is -3.06. The molecule has 1 aromatic carbocycles. The molecule has 0 radical (unpaired) electrons. The van der Waals surface area contributed by atoms with Crippen molar-refractivity contribution in [1.82, 2.24) is 19.6 Å². The van der Waals surface area contributed by atoms with Crippen LogP contribution in [0.5, 0.6) is 5.75 Å². The van der Waals surface area contributed by atoms with Crippen LogP contribution in [0, 0.1) is 5.92 Å². The Morgan fingerprint density at radius 2 is 1.82 bits per heavy atom. The SMILES string of the molecule is CCc1nc2ccc(C(=O)NCc3ccc(OC)cc3)cn2c1N(CCC(C)C)CCN(C)C. The van der Waals surface area contributed by atoms with Gasteiger partial charge in [-0.3, -0.25) is 9.20 Å². The highest BCUT2D eigenvalue weighted by Crippen LogP contribution is 2.25. The number of aryl methyl sites for hydroxylation is 1. The quantitative estimate of drug-likeness (QED) is 0.433. The normalized spacial score (nSPS) is 11.4. The zero-order valence-electron chi connectivity index (χ0n) is 21.5. The molecule has 7 heteroatoms. The Morgan fingerprint density at radius 3 is 2.44 bits per heavy atom. The molecule has 2 aromatic heterocycles. The number of imidazole rings is 1. The van der Waals surface area contributed by atoms with Crippen LogP contribution in [-0.2, 0) is 13.0 Å². The van der Waals surface area contributed by atoms with Crippen LogP contribution in [0.2, 0.25) is 0 Å². The summed E-state index contributed by atoms with van der Waals surface area (Å²) in [5, 5.41) is 3.03. The van der Waals surface area contributed by atoms with E-state index < -0.39 is 0 Å². The molecule has 1 N–H and O–H groups in total. The van der Waals surface area contributed by atoms with Crippen molar-refractivity contribution < 1.29 is 9.53 Å². The van der Waals surface area contributed by atoms with Crippen molar-refractivity contribution in [1.29, 1.82) is 0 Å². The third kappa shape index (κ3) is 6.50. The largest absolute Gasteiger partial charge is 0.497 e. The fourth-order valence-corrected chi connectivity index (χ4v) is 3.87. The highest BCUT2D eigenvalue weighted by atomic mass is 16.5. The molecule has 0 spiro atoms. The number of aromatic nitrogens is 2. The summed E-state index contributed by atoms with van der Waals surface area (Å²) in [6.07, 6.45) is 3.88. The highest BCUT2D eigenvalue weighted by molar-refractivity contribution is 5.94. The molecule has 3 aromatic rings. The molecule has 1 amide bonds. The number of anilines is 1. The van der Waals surface area contributed by atoms with Gasteiger partial charge in [0, 0.05) is 32.4 Å². The molecule has 0 aliphatic heterocycles. The van der Waals surface area contributed by atoms with E-state index in [1.807, 2.05) is 42.6 Å². The minimum absolute atomic E-state index is 0.0996. The number of fused-ring (bicyclic) bond motifs is 1. The second-order valence-electron chi connectivity index (χ2n) is 9.39.